The summed E-state index contributed by atoms with van der Waals surface area (Å²) in [7, 11) is -3.23. The zero-order valence-corrected chi connectivity index (χ0v) is 54.3. The summed E-state index contributed by atoms with van der Waals surface area (Å²) in [6, 6.07) is 14.3. The monoisotopic (exact) mass is 1360 g/mol. The van der Waals surface area contributed by atoms with Crippen molar-refractivity contribution in [1.82, 2.24) is 44.9 Å². The minimum Gasteiger partial charge on any atom is -0.496 e. The molecule has 0 saturated carbocycles. The number of aromatic nitrogens is 2. The third-order valence-electron chi connectivity index (χ3n) is 15.1. The molecule has 7 N–H and O–H groups in total. The second-order valence-electron chi connectivity index (χ2n) is 22.6. The van der Waals surface area contributed by atoms with E-state index in [1.807, 2.05) is 38.1 Å². The Hall–Kier alpha value is -7.11. The Morgan fingerprint density at radius 1 is 0.688 bits per heavy atom. The Labute approximate surface area is 547 Å². The number of hydrogen-bond acceptors (Lipinski definition) is 21. The number of aliphatic carboxylic acids is 3. The molecule has 7 rings (SSSR count). The number of anilines is 1. The van der Waals surface area contributed by atoms with Gasteiger partial charge >= 0.3 is 17.9 Å². The van der Waals surface area contributed by atoms with E-state index in [0.29, 0.717) is 80.6 Å². The van der Waals surface area contributed by atoms with E-state index in [-0.39, 0.29) is 162 Å². The van der Waals surface area contributed by atoms with E-state index in [4.69, 9.17) is 61.5 Å². The smallest absolute Gasteiger partial charge is 0.317 e. The SMILES string of the molecule is COc1cc2c(cc1-c1cccc(NC(=O)CCOCCOCCOCCOCCNC(=O)[C@@H](CS(=O)(=O)O)NC(=O)CN3CCN(CC(=O)O)CCN(CC(=O)O)CCN(CC(=O)O)CC3)c1)-c1c(c(C(=O)N3CCOCC3(C)C)nn1-c1cc(Cl)cc(Cl)c1)CO2. The van der Waals surface area contributed by atoms with Gasteiger partial charge in [-0.2, -0.15) is 13.5 Å². The number of carboxylic acid groups (broad SMARTS) is 3. The number of carbonyl (C=O) groups excluding carboxylic acids is 4. The van der Waals surface area contributed by atoms with Crippen LogP contribution in [0.25, 0.3) is 28.1 Å². The van der Waals surface area contributed by atoms with E-state index < -0.39 is 63.7 Å². The highest BCUT2D eigenvalue weighted by molar-refractivity contribution is 7.85. The van der Waals surface area contributed by atoms with Gasteiger partial charge in [-0.25, -0.2) is 4.68 Å². The molecule has 1 aromatic heterocycles. The lowest BCUT2D eigenvalue weighted by molar-refractivity contribution is -0.140. The maximum atomic E-state index is 14.4. The lowest BCUT2D eigenvalue weighted by Crippen LogP contribution is -2.55. The van der Waals surface area contributed by atoms with Gasteiger partial charge in [0, 0.05) is 104 Å². The molecule has 0 aliphatic carbocycles. The van der Waals surface area contributed by atoms with Crippen LogP contribution in [0.1, 0.15) is 36.3 Å². The van der Waals surface area contributed by atoms with Crippen LogP contribution in [-0.2, 0) is 69.2 Å². The van der Waals surface area contributed by atoms with Crippen LogP contribution >= 0.6 is 23.2 Å². The first-order valence-corrected chi connectivity index (χ1v) is 32.3. The summed E-state index contributed by atoms with van der Waals surface area (Å²) in [5.74, 6) is -5.81. The Bertz CT molecular complexity index is 3330. The van der Waals surface area contributed by atoms with E-state index in [0.717, 1.165) is 0 Å². The van der Waals surface area contributed by atoms with Crippen molar-refractivity contribution in [2.75, 3.05) is 176 Å². The molecule has 30 nitrogen and oxygen atoms in total. The lowest BCUT2D eigenvalue weighted by atomic mass is 9.95. The number of fused-ring (bicyclic) bond motifs is 3. The maximum Gasteiger partial charge on any atom is 0.317 e. The van der Waals surface area contributed by atoms with Gasteiger partial charge in [-0.15, -0.1) is 0 Å². The molecule has 3 aliphatic heterocycles. The van der Waals surface area contributed by atoms with Crippen molar-refractivity contribution in [2.24, 2.45) is 0 Å². The third kappa shape index (κ3) is 23.1. The highest BCUT2D eigenvalue weighted by Gasteiger charge is 2.40. The van der Waals surface area contributed by atoms with Crippen molar-refractivity contribution in [3.8, 4) is 39.6 Å². The molecule has 4 heterocycles. The average molecular weight is 1360 g/mol. The molecule has 0 bridgehead atoms. The number of amides is 4. The molecule has 0 spiro atoms. The number of methoxy groups -OCH3 is 1. The molecule has 1 atom stereocenters. The molecule has 93 heavy (non-hydrogen) atoms. The summed E-state index contributed by atoms with van der Waals surface area (Å²) in [5.41, 5.74) is 3.93. The summed E-state index contributed by atoms with van der Waals surface area (Å²) < 4.78 is 75.3. The fourth-order valence-corrected chi connectivity index (χ4v) is 11.7. The first-order valence-electron chi connectivity index (χ1n) is 30.0. The summed E-state index contributed by atoms with van der Waals surface area (Å²) in [6.45, 7) is 5.73. The minimum absolute atomic E-state index is 0.0252. The number of benzene rings is 3. The Morgan fingerprint density at radius 2 is 1.24 bits per heavy atom. The topological polar surface area (TPSA) is 369 Å². The van der Waals surface area contributed by atoms with Gasteiger partial charge in [0.05, 0.1) is 123 Å². The molecular weight excluding hydrogens is 1280 g/mol. The predicted molar refractivity (Wildman–Crippen MR) is 338 cm³/mol. The van der Waals surface area contributed by atoms with Gasteiger partial charge in [0.15, 0.2) is 5.69 Å². The number of halogens is 2. The molecule has 33 heteroatoms. The fourth-order valence-electron chi connectivity index (χ4n) is 10.6. The predicted octanol–water partition coefficient (Wildman–Crippen LogP) is 2.02. The first kappa shape index (κ1) is 73.3. The van der Waals surface area contributed by atoms with Crippen molar-refractivity contribution in [3.05, 3.63) is 75.9 Å². The molecule has 2 fully saturated rings. The van der Waals surface area contributed by atoms with Gasteiger partial charge in [-0.05, 0) is 55.8 Å². The van der Waals surface area contributed by atoms with Gasteiger partial charge < -0.3 is 69.3 Å². The van der Waals surface area contributed by atoms with Crippen LogP contribution in [0.4, 0.5) is 5.69 Å². The Balaban J connectivity index is 0.804. The minimum atomic E-state index is -4.78. The standard InChI is InChI=1S/C60H80Cl2N10O20S/c1-60(2)39-91-20-17-71(60)59(82)56-47-37-92-50-32-49(86-3)45(31-46(50)57(47)72(66-56)44-29-41(61)28-42(62)30-44)40-5-4-6-43(27-40)64-51(73)7-18-87-21-23-89-25-26-90-24-22-88-19-8-63-58(81)48(38-93(83,84)85)65-52(74)33-67-9-11-68(34-53(75)76)13-15-70(36-55(79)80)16-14-69(12-10-67)35-54(77)78/h4-6,27-32,48H,7-26,33-39H2,1-3H3,(H,63,81)(H,64,73)(H,65,74)(H,75,76)(H,77,78)(H,79,80)(H,83,84,85)/t48-/m1/s1. The molecule has 2 saturated heterocycles. The normalized spacial score (nSPS) is 16.3. The number of hydrogen-bond donors (Lipinski definition) is 7. The average Bonchev–Trinajstić information content (AvgIpc) is 1.65. The van der Waals surface area contributed by atoms with Crippen molar-refractivity contribution in [3.63, 3.8) is 0 Å². The zero-order valence-electron chi connectivity index (χ0n) is 52.0. The van der Waals surface area contributed by atoms with Crippen LogP contribution in [-0.4, -0.2) is 286 Å². The lowest BCUT2D eigenvalue weighted by Gasteiger charge is -2.41. The van der Waals surface area contributed by atoms with Crippen LogP contribution in [0.5, 0.6) is 11.5 Å². The zero-order chi connectivity index (χ0) is 67.2. The number of rotatable bonds is 32. The second kappa shape index (κ2) is 35.4. The van der Waals surface area contributed by atoms with Gasteiger partial charge in [0.2, 0.25) is 17.7 Å². The maximum absolute atomic E-state index is 14.4. The van der Waals surface area contributed by atoms with E-state index in [1.54, 1.807) is 66.6 Å². The van der Waals surface area contributed by atoms with Gasteiger partial charge in [-0.1, -0.05) is 35.3 Å². The highest BCUT2D eigenvalue weighted by atomic mass is 35.5. The largest absolute Gasteiger partial charge is 0.496 e. The Morgan fingerprint density at radius 3 is 1.77 bits per heavy atom. The van der Waals surface area contributed by atoms with Crippen LogP contribution < -0.4 is 25.4 Å². The Kier molecular flexibility index (Phi) is 27.9. The summed E-state index contributed by atoms with van der Waals surface area (Å²) in [6.07, 6.45) is 0.0556. The van der Waals surface area contributed by atoms with Crippen molar-refractivity contribution >= 4 is 80.5 Å². The molecule has 0 radical (unpaired) electrons. The number of ether oxygens (including phenoxy) is 7. The fraction of sp³-hybridized carbons (Fsp3) is 0.533. The molecule has 3 aliphatic rings. The number of nitrogens with one attached hydrogen (secondary N) is 3. The van der Waals surface area contributed by atoms with E-state index in [9.17, 15) is 61.9 Å². The van der Waals surface area contributed by atoms with Gasteiger partial charge in [0.1, 0.15) is 29.9 Å². The summed E-state index contributed by atoms with van der Waals surface area (Å²) in [5, 5.41) is 41.8. The van der Waals surface area contributed by atoms with Crippen molar-refractivity contribution < 1.29 is 95.0 Å². The quantitative estimate of drug-likeness (QED) is 0.0272. The molecule has 4 aromatic rings. The number of carbonyl (C=O) groups is 7. The first-order chi connectivity index (χ1) is 44.4. The molecule has 3 aromatic carbocycles. The summed E-state index contributed by atoms with van der Waals surface area (Å²) in [4.78, 5) is 96.8. The van der Waals surface area contributed by atoms with Crippen molar-refractivity contribution in [2.45, 2.75) is 38.5 Å². The van der Waals surface area contributed by atoms with Crippen LogP contribution in [0.15, 0.2) is 54.6 Å². The van der Waals surface area contributed by atoms with Crippen molar-refractivity contribution in [1.29, 1.82) is 0 Å². The van der Waals surface area contributed by atoms with E-state index in [1.165, 1.54) is 0 Å². The van der Waals surface area contributed by atoms with Crippen LogP contribution in [0.2, 0.25) is 10.0 Å². The van der Waals surface area contributed by atoms with Crippen LogP contribution in [0.3, 0.4) is 0 Å². The number of carboxylic acids is 3. The second-order valence-corrected chi connectivity index (χ2v) is 25.0. The van der Waals surface area contributed by atoms with E-state index >= 15 is 0 Å². The number of morpholine rings is 1. The van der Waals surface area contributed by atoms with Crippen LogP contribution in [0, 0.1) is 0 Å². The number of nitrogens with zero attached hydrogens (tertiary/aromatic N) is 7. The summed E-state index contributed by atoms with van der Waals surface area (Å²) >= 11 is 13.0. The molecule has 0 unspecified atom stereocenters. The van der Waals surface area contributed by atoms with Gasteiger partial charge in [0.25, 0.3) is 16.0 Å². The molecular formula is C60H80Cl2N10O20S. The third-order valence-corrected chi connectivity index (χ3v) is 16.3. The highest BCUT2D eigenvalue weighted by Crippen LogP contribution is 2.47. The molecule has 510 valence electrons. The van der Waals surface area contributed by atoms with Gasteiger partial charge in [-0.3, -0.25) is 57.7 Å². The molecule has 4 amide bonds. The van der Waals surface area contributed by atoms with E-state index in [2.05, 4.69) is 16.0 Å².